The van der Waals surface area contributed by atoms with Crippen LogP contribution in [-0.4, -0.2) is 16.1 Å². The molecule has 0 radical (unpaired) electrons. The second-order valence-corrected chi connectivity index (χ2v) is 6.62. The molecule has 1 fully saturated rings. The summed E-state index contributed by atoms with van der Waals surface area (Å²) in [5.74, 6) is -0.744. The average Bonchev–Trinajstić information content (AvgIpc) is 2.59. The molecule has 0 aliphatic heterocycles. The van der Waals surface area contributed by atoms with E-state index >= 15 is 0 Å². The fourth-order valence-corrected chi connectivity index (χ4v) is 3.25. The van der Waals surface area contributed by atoms with Crippen molar-refractivity contribution in [3.05, 3.63) is 59.7 Å². The molecule has 0 spiro atoms. The Morgan fingerprint density at radius 1 is 1.17 bits per heavy atom. The van der Waals surface area contributed by atoms with Gasteiger partial charge in [0.25, 0.3) is 5.91 Å². The first-order valence-corrected chi connectivity index (χ1v) is 8.35. The largest absolute Gasteiger partial charge is 0.385 e. The molecule has 0 saturated heterocycles. The van der Waals surface area contributed by atoms with Crippen LogP contribution >= 0.6 is 0 Å². The Labute approximate surface area is 141 Å². The van der Waals surface area contributed by atoms with Crippen molar-refractivity contribution in [3.63, 3.8) is 0 Å². The molecule has 2 aromatic carbocycles. The van der Waals surface area contributed by atoms with Crippen molar-refractivity contribution < 1.29 is 15.0 Å². The van der Waals surface area contributed by atoms with Crippen LogP contribution in [0, 0.1) is 0 Å². The van der Waals surface area contributed by atoms with Gasteiger partial charge in [0.05, 0.1) is 5.60 Å². The molecule has 0 heterocycles. The predicted octanol–water partition coefficient (Wildman–Crippen LogP) is 2.81. The third-order valence-electron chi connectivity index (χ3n) is 5.20. The summed E-state index contributed by atoms with van der Waals surface area (Å²) in [6, 6.07) is 15.1. The van der Waals surface area contributed by atoms with Crippen molar-refractivity contribution in [2.45, 2.75) is 43.8 Å². The van der Waals surface area contributed by atoms with Crippen molar-refractivity contribution in [2.24, 2.45) is 5.73 Å². The quantitative estimate of drug-likeness (QED) is 0.790. The molecule has 1 amide bonds. The zero-order valence-electron chi connectivity index (χ0n) is 13.8. The van der Waals surface area contributed by atoms with Crippen molar-refractivity contribution in [1.29, 1.82) is 0 Å². The van der Waals surface area contributed by atoms with E-state index < -0.39 is 17.1 Å². The first-order valence-electron chi connectivity index (χ1n) is 8.35. The average molecular weight is 325 g/mol. The molecule has 1 atom stereocenters. The summed E-state index contributed by atoms with van der Waals surface area (Å²) in [5.41, 5.74) is 6.41. The summed E-state index contributed by atoms with van der Waals surface area (Å²) < 4.78 is 0. The number of carbonyl (C=O) groups excluding carboxylic acids is 1. The summed E-state index contributed by atoms with van der Waals surface area (Å²) in [5, 5.41) is 20.9. The van der Waals surface area contributed by atoms with Crippen molar-refractivity contribution in [1.82, 2.24) is 0 Å². The maximum Gasteiger partial charge on any atom is 0.254 e. The Morgan fingerprint density at radius 3 is 2.33 bits per heavy atom. The SMILES string of the molecule is CCC(O)(C(N)=O)c1ccc(-c2cccc(C3(O)CCC3)c2)cc1. The van der Waals surface area contributed by atoms with Gasteiger partial charge in [0.1, 0.15) is 0 Å². The normalized spacial score (nSPS) is 18.5. The molecular formula is C20H23NO3. The highest BCUT2D eigenvalue weighted by molar-refractivity contribution is 5.84. The highest BCUT2D eigenvalue weighted by Crippen LogP contribution is 2.42. The van der Waals surface area contributed by atoms with Gasteiger partial charge in [-0.3, -0.25) is 4.79 Å². The Hall–Kier alpha value is -2.17. The zero-order valence-corrected chi connectivity index (χ0v) is 13.8. The maximum atomic E-state index is 11.5. The van der Waals surface area contributed by atoms with Crippen LogP contribution in [0.1, 0.15) is 43.7 Å². The molecule has 3 rings (SSSR count). The molecule has 0 aromatic heterocycles. The van der Waals surface area contributed by atoms with E-state index in [1.807, 2.05) is 36.4 Å². The van der Waals surface area contributed by atoms with Gasteiger partial charge in [-0.25, -0.2) is 0 Å². The van der Waals surface area contributed by atoms with Crippen LogP contribution in [0.15, 0.2) is 48.5 Å². The van der Waals surface area contributed by atoms with Crippen LogP contribution in [0.3, 0.4) is 0 Å². The van der Waals surface area contributed by atoms with Gasteiger partial charge in [-0.15, -0.1) is 0 Å². The number of hydrogen-bond donors (Lipinski definition) is 3. The smallest absolute Gasteiger partial charge is 0.254 e. The Bertz CT molecular complexity index is 750. The second-order valence-electron chi connectivity index (χ2n) is 6.62. The van der Waals surface area contributed by atoms with Gasteiger partial charge in [0, 0.05) is 0 Å². The molecule has 4 heteroatoms. The van der Waals surface area contributed by atoms with Crippen LogP contribution in [0.5, 0.6) is 0 Å². The molecular weight excluding hydrogens is 302 g/mol. The molecule has 4 nitrogen and oxygen atoms in total. The molecule has 1 aliphatic rings. The van der Waals surface area contributed by atoms with E-state index in [1.54, 1.807) is 19.1 Å². The minimum atomic E-state index is -1.64. The van der Waals surface area contributed by atoms with Gasteiger partial charge in [-0.2, -0.15) is 0 Å². The molecule has 126 valence electrons. The minimum Gasteiger partial charge on any atom is -0.385 e. The standard InChI is InChI=1S/C20H23NO3/c1-2-20(24,18(21)22)16-9-7-14(8-10-16)15-5-3-6-17(13-15)19(23)11-4-12-19/h3,5-10,13,23-24H,2,4,11-12H2,1H3,(H2,21,22). The van der Waals surface area contributed by atoms with Gasteiger partial charge in [0.2, 0.25) is 0 Å². The van der Waals surface area contributed by atoms with Crippen molar-refractivity contribution in [3.8, 4) is 11.1 Å². The molecule has 2 aromatic rings. The summed E-state index contributed by atoms with van der Waals surface area (Å²) >= 11 is 0. The lowest BCUT2D eigenvalue weighted by Crippen LogP contribution is -2.40. The summed E-state index contributed by atoms with van der Waals surface area (Å²) in [7, 11) is 0. The topological polar surface area (TPSA) is 83.5 Å². The summed E-state index contributed by atoms with van der Waals surface area (Å²) in [6.07, 6.45) is 2.89. The maximum absolute atomic E-state index is 11.5. The molecule has 1 unspecified atom stereocenters. The second kappa shape index (κ2) is 6.04. The Balaban J connectivity index is 1.92. The van der Waals surface area contributed by atoms with Gasteiger partial charge in [0.15, 0.2) is 5.60 Å². The fourth-order valence-electron chi connectivity index (χ4n) is 3.25. The van der Waals surface area contributed by atoms with Crippen molar-refractivity contribution >= 4 is 5.91 Å². The van der Waals surface area contributed by atoms with Gasteiger partial charge in [-0.05, 0) is 54.0 Å². The van der Waals surface area contributed by atoms with Crippen molar-refractivity contribution in [2.75, 3.05) is 0 Å². The first kappa shape index (κ1) is 16.7. The van der Waals surface area contributed by atoms with E-state index in [-0.39, 0.29) is 6.42 Å². The Morgan fingerprint density at radius 2 is 1.83 bits per heavy atom. The lowest BCUT2D eigenvalue weighted by atomic mass is 9.74. The van der Waals surface area contributed by atoms with E-state index in [4.69, 9.17) is 5.73 Å². The third-order valence-corrected chi connectivity index (χ3v) is 5.20. The van der Waals surface area contributed by atoms with Crippen LogP contribution in [-0.2, 0) is 16.0 Å². The van der Waals surface area contributed by atoms with Crippen LogP contribution < -0.4 is 5.73 Å². The number of benzene rings is 2. The van der Waals surface area contributed by atoms with E-state index in [9.17, 15) is 15.0 Å². The van der Waals surface area contributed by atoms with E-state index in [0.29, 0.717) is 5.56 Å². The number of rotatable bonds is 5. The minimum absolute atomic E-state index is 0.226. The van der Waals surface area contributed by atoms with Gasteiger partial charge < -0.3 is 15.9 Å². The predicted molar refractivity (Wildman–Crippen MR) is 93.0 cm³/mol. The van der Waals surface area contributed by atoms with Gasteiger partial charge >= 0.3 is 0 Å². The Kier molecular flexibility index (Phi) is 4.20. The molecule has 4 N–H and O–H groups in total. The molecule has 1 saturated carbocycles. The number of amides is 1. The third kappa shape index (κ3) is 2.72. The summed E-state index contributed by atoms with van der Waals surface area (Å²) in [4.78, 5) is 11.5. The number of carbonyl (C=O) groups is 1. The van der Waals surface area contributed by atoms with Crippen LogP contribution in [0.25, 0.3) is 11.1 Å². The number of hydrogen-bond acceptors (Lipinski definition) is 3. The summed E-state index contributed by atoms with van der Waals surface area (Å²) in [6.45, 7) is 1.72. The van der Waals surface area contributed by atoms with Gasteiger partial charge in [-0.1, -0.05) is 49.4 Å². The number of nitrogens with two attached hydrogens (primary N) is 1. The molecule has 1 aliphatic carbocycles. The van der Waals surface area contributed by atoms with E-state index in [0.717, 1.165) is 36.0 Å². The van der Waals surface area contributed by atoms with E-state index in [1.165, 1.54) is 0 Å². The monoisotopic (exact) mass is 325 g/mol. The molecule has 0 bridgehead atoms. The highest BCUT2D eigenvalue weighted by atomic mass is 16.3. The number of primary amides is 1. The lowest BCUT2D eigenvalue weighted by molar-refractivity contribution is -0.137. The number of aliphatic hydroxyl groups is 2. The zero-order chi connectivity index (χ0) is 17.4. The first-order chi connectivity index (χ1) is 11.4. The van der Waals surface area contributed by atoms with E-state index in [2.05, 4.69) is 0 Å². The van der Waals surface area contributed by atoms with Crippen LogP contribution in [0.2, 0.25) is 0 Å². The van der Waals surface area contributed by atoms with Crippen LogP contribution in [0.4, 0.5) is 0 Å². The lowest BCUT2D eigenvalue weighted by Gasteiger charge is -2.37. The highest BCUT2D eigenvalue weighted by Gasteiger charge is 2.36. The molecule has 24 heavy (non-hydrogen) atoms. The fraction of sp³-hybridized carbons (Fsp3) is 0.350.